The van der Waals surface area contributed by atoms with E-state index in [0.29, 0.717) is 11.5 Å². The summed E-state index contributed by atoms with van der Waals surface area (Å²) in [6, 6.07) is 2.50. The summed E-state index contributed by atoms with van der Waals surface area (Å²) in [7, 11) is 0. The van der Waals surface area contributed by atoms with Crippen LogP contribution in [0.2, 0.25) is 0 Å². The van der Waals surface area contributed by atoms with Crippen molar-refractivity contribution in [2.24, 2.45) is 5.41 Å². The lowest BCUT2D eigenvalue weighted by molar-refractivity contribution is 0.229. The molecule has 1 aliphatic carbocycles. The molecular weight excluding hydrogens is 314 g/mol. The van der Waals surface area contributed by atoms with E-state index < -0.39 is 0 Å². The van der Waals surface area contributed by atoms with E-state index in [2.05, 4.69) is 60.8 Å². The third kappa shape index (κ3) is 4.18. The van der Waals surface area contributed by atoms with E-state index in [4.69, 9.17) is 4.98 Å². The number of hydrogen-bond donors (Lipinski definition) is 1. The van der Waals surface area contributed by atoms with Crippen molar-refractivity contribution in [1.29, 1.82) is 0 Å². The minimum Gasteiger partial charge on any atom is -0.367 e. The molecule has 1 saturated carbocycles. The van der Waals surface area contributed by atoms with Crippen LogP contribution in [-0.2, 0) is 5.41 Å². The first-order valence-electron chi connectivity index (χ1n) is 7.47. The Balaban J connectivity index is 2.15. The molecule has 1 atom stereocenters. The van der Waals surface area contributed by atoms with Gasteiger partial charge in [-0.3, -0.25) is 0 Å². The highest BCUT2D eigenvalue weighted by molar-refractivity contribution is 9.10. The molecule has 0 bridgehead atoms. The summed E-state index contributed by atoms with van der Waals surface area (Å²) in [5.41, 5.74) is 0.402. The lowest BCUT2D eigenvalue weighted by Crippen LogP contribution is -2.32. The molecule has 0 aliphatic heterocycles. The first-order valence-corrected chi connectivity index (χ1v) is 8.27. The monoisotopic (exact) mass is 339 g/mol. The molecule has 2 rings (SSSR count). The number of rotatable bonds is 2. The second-order valence-corrected chi connectivity index (χ2v) is 8.56. The average Bonchev–Trinajstić information content (AvgIpc) is 2.25. The van der Waals surface area contributed by atoms with E-state index >= 15 is 0 Å². The van der Waals surface area contributed by atoms with Gasteiger partial charge in [-0.25, -0.2) is 9.97 Å². The van der Waals surface area contributed by atoms with E-state index in [1.807, 2.05) is 6.07 Å². The Kier molecular flexibility index (Phi) is 4.43. The standard InChI is InChI=1S/C16H26BrN3/c1-15(2,3)14-19-12(17)9-13(20-14)18-11-7-6-8-16(4,5)10-11/h9,11H,6-8,10H2,1-5H3,(H,18,19,20). The van der Waals surface area contributed by atoms with Crippen LogP contribution >= 0.6 is 15.9 Å². The van der Waals surface area contributed by atoms with Crippen molar-refractivity contribution in [3.05, 3.63) is 16.5 Å². The second kappa shape index (κ2) is 5.63. The Morgan fingerprint density at radius 1 is 1.30 bits per heavy atom. The predicted molar refractivity (Wildman–Crippen MR) is 88.1 cm³/mol. The van der Waals surface area contributed by atoms with Gasteiger partial charge in [0.05, 0.1) is 0 Å². The zero-order valence-electron chi connectivity index (χ0n) is 13.3. The SMILES string of the molecule is CC1(C)CCCC(Nc2cc(Br)nc(C(C)(C)C)n2)C1. The maximum Gasteiger partial charge on any atom is 0.137 e. The van der Waals surface area contributed by atoms with E-state index in [0.717, 1.165) is 16.2 Å². The first kappa shape index (κ1) is 15.7. The van der Waals surface area contributed by atoms with E-state index in [1.165, 1.54) is 25.7 Å². The highest BCUT2D eigenvalue weighted by Crippen LogP contribution is 2.36. The Labute approximate surface area is 131 Å². The molecule has 0 saturated heterocycles. The molecule has 112 valence electrons. The van der Waals surface area contributed by atoms with Gasteiger partial charge in [0.25, 0.3) is 0 Å². The van der Waals surface area contributed by atoms with Gasteiger partial charge in [0.2, 0.25) is 0 Å². The minimum absolute atomic E-state index is 0.0357. The molecule has 3 nitrogen and oxygen atoms in total. The molecule has 0 radical (unpaired) electrons. The van der Waals surface area contributed by atoms with Gasteiger partial charge < -0.3 is 5.32 Å². The van der Waals surface area contributed by atoms with E-state index in [1.54, 1.807) is 0 Å². The summed E-state index contributed by atoms with van der Waals surface area (Å²) in [6.07, 6.45) is 5.06. The van der Waals surface area contributed by atoms with Crippen LogP contribution in [0, 0.1) is 5.41 Å². The molecule has 4 heteroatoms. The molecule has 20 heavy (non-hydrogen) atoms. The van der Waals surface area contributed by atoms with Crippen molar-refractivity contribution in [2.45, 2.75) is 71.8 Å². The highest BCUT2D eigenvalue weighted by Gasteiger charge is 2.28. The molecule has 1 fully saturated rings. The Hall–Kier alpha value is -0.640. The molecule has 0 spiro atoms. The number of hydrogen-bond acceptors (Lipinski definition) is 3. The van der Waals surface area contributed by atoms with Gasteiger partial charge in [-0.05, 0) is 40.6 Å². The average molecular weight is 340 g/mol. The quantitative estimate of drug-likeness (QED) is 0.777. The number of nitrogens with one attached hydrogen (secondary N) is 1. The molecular formula is C16H26BrN3. The molecule has 1 unspecified atom stereocenters. The third-order valence-electron chi connectivity index (χ3n) is 3.92. The van der Waals surface area contributed by atoms with Gasteiger partial charge in [-0.2, -0.15) is 0 Å². The number of halogens is 1. The van der Waals surface area contributed by atoms with Crippen molar-refractivity contribution < 1.29 is 0 Å². The van der Waals surface area contributed by atoms with Crippen LogP contribution < -0.4 is 5.32 Å². The number of aromatic nitrogens is 2. The van der Waals surface area contributed by atoms with Crippen LogP contribution in [0.25, 0.3) is 0 Å². The normalized spacial score (nSPS) is 22.6. The fraction of sp³-hybridized carbons (Fsp3) is 0.750. The molecule has 1 N–H and O–H groups in total. The summed E-state index contributed by atoms with van der Waals surface area (Å²) < 4.78 is 0.856. The maximum absolute atomic E-state index is 4.69. The first-order chi connectivity index (χ1) is 9.16. The molecule has 1 heterocycles. The van der Waals surface area contributed by atoms with Crippen molar-refractivity contribution in [1.82, 2.24) is 9.97 Å². The van der Waals surface area contributed by atoms with Crippen molar-refractivity contribution in [3.8, 4) is 0 Å². The van der Waals surface area contributed by atoms with Crippen LogP contribution in [-0.4, -0.2) is 16.0 Å². The van der Waals surface area contributed by atoms with E-state index in [9.17, 15) is 0 Å². The summed E-state index contributed by atoms with van der Waals surface area (Å²) in [4.78, 5) is 9.19. The fourth-order valence-electron chi connectivity index (χ4n) is 2.86. The smallest absolute Gasteiger partial charge is 0.137 e. The summed E-state index contributed by atoms with van der Waals surface area (Å²) in [6.45, 7) is 11.1. The van der Waals surface area contributed by atoms with Crippen molar-refractivity contribution in [3.63, 3.8) is 0 Å². The van der Waals surface area contributed by atoms with Crippen LogP contribution in [0.4, 0.5) is 5.82 Å². The van der Waals surface area contributed by atoms with Gasteiger partial charge in [0.1, 0.15) is 16.2 Å². The lowest BCUT2D eigenvalue weighted by atomic mass is 9.75. The van der Waals surface area contributed by atoms with Gasteiger partial charge >= 0.3 is 0 Å². The fourth-order valence-corrected chi connectivity index (χ4v) is 3.24. The predicted octanol–water partition coefficient (Wildman–Crippen LogP) is 4.92. The van der Waals surface area contributed by atoms with Gasteiger partial charge in [0, 0.05) is 17.5 Å². The summed E-state index contributed by atoms with van der Waals surface area (Å²) in [5.74, 6) is 1.82. The summed E-state index contributed by atoms with van der Waals surface area (Å²) >= 11 is 3.50. The topological polar surface area (TPSA) is 37.8 Å². The molecule has 0 aromatic carbocycles. The van der Waals surface area contributed by atoms with E-state index in [-0.39, 0.29) is 5.41 Å². The Bertz CT molecular complexity index is 477. The third-order valence-corrected chi connectivity index (χ3v) is 4.33. The lowest BCUT2D eigenvalue weighted by Gasteiger charge is -2.35. The van der Waals surface area contributed by atoms with Crippen LogP contribution in [0.5, 0.6) is 0 Å². The van der Waals surface area contributed by atoms with Crippen LogP contribution in [0.3, 0.4) is 0 Å². The minimum atomic E-state index is -0.0357. The van der Waals surface area contributed by atoms with Crippen molar-refractivity contribution in [2.75, 3.05) is 5.32 Å². The largest absolute Gasteiger partial charge is 0.367 e. The molecule has 1 aromatic rings. The number of anilines is 1. The second-order valence-electron chi connectivity index (χ2n) is 7.75. The Morgan fingerprint density at radius 2 is 2.00 bits per heavy atom. The maximum atomic E-state index is 4.69. The number of nitrogens with zero attached hydrogens (tertiary/aromatic N) is 2. The zero-order valence-corrected chi connectivity index (χ0v) is 14.8. The zero-order chi connectivity index (χ0) is 15.0. The van der Waals surface area contributed by atoms with Gasteiger partial charge in [-0.15, -0.1) is 0 Å². The highest BCUT2D eigenvalue weighted by atomic mass is 79.9. The van der Waals surface area contributed by atoms with Gasteiger partial charge in [-0.1, -0.05) is 41.0 Å². The van der Waals surface area contributed by atoms with Crippen LogP contribution in [0.1, 0.15) is 66.1 Å². The van der Waals surface area contributed by atoms with Gasteiger partial charge in [0.15, 0.2) is 0 Å². The molecule has 1 aromatic heterocycles. The summed E-state index contributed by atoms with van der Waals surface area (Å²) in [5, 5.41) is 3.61. The Morgan fingerprint density at radius 3 is 2.60 bits per heavy atom. The molecule has 0 amide bonds. The van der Waals surface area contributed by atoms with Crippen molar-refractivity contribution >= 4 is 21.7 Å². The van der Waals surface area contributed by atoms with Crippen LogP contribution in [0.15, 0.2) is 10.7 Å². The molecule has 1 aliphatic rings.